The van der Waals surface area contributed by atoms with Gasteiger partial charge in [-0.05, 0) is 29.8 Å². The summed E-state index contributed by atoms with van der Waals surface area (Å²) in [6.45, 7) is 6.48. The van der Waals surface area contributed by atoms with Crippen LogP contribution in [0.3, 0.4) is 0 Å². The highest BCUT2D eigenvalue weighted by molar-refractivity contribution is 8.14. The van der Waals surface area contributed by atoms with Crippen LogP contribution in [0.4, 0.5) is 10.5 Å². The Morgan fingerprint density at radius 1 is 1.06 bits per heavy atom. The number of amides is 2. The van der Waals surface area contributed by atoms with Crippen LogP contribution in [0.15, 0.2) is 48.5 Å². The second-order valence-corrected chi connectivity index (χ2v) is 9.44. The molecule has 0 saturated carbocycles. The van der Waals surface area contributed by atoms with Crippen molar-refractivity contribution in [3.05, 3.63) is 59.7 Å². The van der Waals surface area contributed by atoms with Gasteiger partial charge in [0.15, 0.2) is 0 Å². The van der Waals surface area contributed by atoms with Crippen LogP contribution in [0, 0.1) is 0 Å². The molecular weight excluding hydrogens is 424 g/mol. The SMILES string of the molecule is O=C1N[C@H](C(=O)N2CCOc3ccc(CN4CCN(c5ccccc5)CC4)cc3C2)CS1. The number of hydrogen-bond acceptors (Lipinski definition) is 6. The molecule has 0 unspecified atom stereocenters. The van der Waals surface area contributed by atoms with Crippen molar-refractivity contribution in [2.24, 2.45) is 0 Å². The number of anilines is 1. The molecule has 1 atom stereocenters. The predicted octanol–water partition coefficient (Wildman–Crippen LogP) is 2.55. The molecule has 0 bridgehead atoms. The Hall–Kier alpha value is -2.71. The van der Waals surface area contributed by atoms with Crippen molar-refractivity contribution in [3.63, 3.8) is 0 Å². The monoisotopic (exact) mass is 452 g/mol. The lowest BCUT2D eigenvalue weighted by molar-refractivity contribution is -0.133. The largest absolute Gasteiger partial charge is 0.491 e. The maximum atomic E-state index is 12.9. The highest BCUT2D eigenvalue weighted by Crippen LogP contribution is 2.27. The summed E-state index contributed by atoms with van der Waals surface area (Å²) in [4.78, 5) is 31.1. The Bertz CT molecular complexity index is 978. The number of nitrogens with zero attached hydrogens (tertiary/aromatic N) is 3. The number of carbonyl (C=O) groups is 2. The molecule has 32 heavy (non-hydrogen) atoms. The second-order valence-electron chi connectivity index (χ2n) is 8.44. The number of thioether (sulfide) groups is 1. The number of benzene rings is 2. The van der Waals surface area contributed by atoms with Crippen molar-refractivity contribution in [2.75, 3.05) is 50.0 Å². The van der Waals surface area contributed by atoms with Crippen molar-refractivity contribution < 1.29 is 14.3 Å². The maximum absolute atomic E-state index is 12.9. The van der Waals surface area contributed by atoms with Gasteiger partial charge >= 0.3 is 0 Å². The zero-order valence-electron chi connectivity index (χ0n) is 18.0. The zero-order valence-corrected chi connectivity index (χ0v) is 18.9. The zero-order chi connectivity index (χ0) is 21.9. The van der Waals surface area contributed by atoms with Gasteiger partial charge in [0.1, 0.15) is 18.4 Å². The minimum absolute atomic E-state index is 0.0257. The fourth-order valence-corrected chi connectivity index (χ4v) is 5.30. The third-order valence-corrected chi connectivity index (χ3v) is 7.17. The molecule has 5 rings (SSSR count). The molecule has 7 nitrogen and oxygen atoms in total. The third kappa shape index (κ3) is 4.71. The van der Waals surface area contributed by atoms with Crippen molar-refractivity contribution in [3.8, 4) is 5.75 Å². The standard InChI is InChI=1S/C24H28N4O3S/c29-23(21-17-32-24(30)25-21)28-12-13-31-22-7-6-18(14-19(22)16-28)15-26-8-10-27(11-9-26)20-4-2-1-3-5-20/h1-7,14,21H,8-13,15-17H2,(H,25,30)/t21-/m0/s1. The molecule has 0 spiro atoms. The number of ether oxygens (including phenoxy) is 1. The van der Waals surface area contributed by atoms with Gasteiger partial charge in [-0.15, -0.1) is 0 Å². The van der Waals surface area contributed by atoms with Gasteiger partial charge in [-0.1, -0.05) is 36.0 Å². The number of hydrogen-bond donors (Lipinski definition) is 1. The summed E-state index contributed by atoms with van der Waals surface area (Å²) in [6.07, 6.45) is 0. The van der Waals surface area contributed by atoms with E-state index in [1.165, 1.54) is 23.0 Å². The van der Waals surface area contributed by atoms with Gasteiger partial charge in [0.2, 0.25) is 5.91 Å². The summed E-state index contributed by atoms with van der Waals surface area (Å²) >= 11 is 1.17. The number of para-hydroxylation sites is 1. The normalized spacial score (nSPS) is 21.5. The summed E-state index contributed by atoms with van der Waals surface area (Å²) in [5, 5.41) is 2.64. The number of rotatable bonds is 4. The average Bonchev–Trinajstić information content (AvgIpc) is 3.15. The van der Waals surface area contributed by atoms with Crippen LogP contribution in [0.2, 0.25) is 0 Å². The predicted molar refractivity (Wildman–Crippen MR) is 126 cm³/mol. The molecule has 2 aromatic rings. The summed E-state index contributed by atoms with van der Waals surface area (Å²) in [6, 6.07) is 16.5. The van der Waals surface area contributed by atoms with Gasteiger partial charge in [-0.25, -0.2) is 0 Å². The highest BCUT2D eigenvalue weighted by Gasteiger charge is 2.32. The Labute approximate surface area is 192 Å². The van der Waals surface area contributed by atoms with E-state index in [1.54, 1.807) is 0 Å². The van der Waals surface area contributed by atoms with E-state index in [0.29, 0.717) is 25.4 Å². The number of fused-ring (bicyclic) bond motifs is 1. The van der Waals surface area contributed by atoms with Crippen LogP contribution in [0.1, 0.15) is 11.1 Å². The van der Waals surface area contributed by atoms with E-state index in [2.05, 4.69) is 57.6 Å². The van der Waals surface area contributed by atoms with Gasteiger partial charge in [-0.2, -0.15) is 0 Å². The topological polar surface area (TPSA) is 65.1 Å². The summed E-state index contributed by atoms with van der Waals surface area (Å²) in [5.41, 5.74) is 3.56. The summed E-state index contributed by atoms with van der Waals surface area (Å²) < 4.78 is 5.91. The molecule has 2 fully saturated rings. The van der Waals surface area contributed by atoms with Crippen molar-refractivity contribution in [1.29, 1.82) is 0 Å². The van der Waals surface area contributed by atoms with E-state index in [4.69, 9.17) is 4.74 Å². The Morgan fingerprint density at radius 3 is 2.62 bits per heavy atom. The molecular formula is C24H28N4O3S. The van der Waals surface area contributed by atoms with Gasteiger partial charge in [-0.3, -0.25) is 14.5 Å². The Kier molecular flexibility index (Phi) is 6.23. The summed E-state index contributed by atoms with van der Waals surface area (Å²) in [5.74, 6) is 1.32. The lowest BCUT2D eigenvalue weighted by Gasteiger charge is -2.36. The molecule has 2 aromatic carbocycles. The van der Waals surface area contributed by atoms with E-state index in [0.717, 1.165) is 44.0 Å². The first-order chi connectivity index (χ1) is 15.7. The van der Waals surface area contributed by atoms with Gasteiger partial charge < -0.3 is 19.9 Å². The lowest BCUT2D eigenvalue weighted by atomic mass is 10.1. The van der Waals surface area contributed by atoms with E-state index >= 15 is 0 Å². The highest BCUT2D eigenvalue weighted by atomic mass is 32.2. The van der Waals surface area contributed by atoms with Gasteiger partial charge in [0, 0.05) is 56.3 Å². The fourth-order valence-electron chi connectivity index (χ4n) is 4.53. The molecule has 168 valence electrons. The first-order valence-corrected chi connectivity index (χ1v) is 12.1. The van der Waals surface area contributed by atoms with Crippen molar-refractivity contribution in [2.45, 2.75) is 19.1 Å². The minimum Gasteiger partial charge on any atom is -0.491 e. The van der Waals surface area contributed by atoms with Crippen molar-refractivity contribution >= 4 is 28.6 Å². The molecule has 0 aliphatic carbocycles. The molecule has 3 aliphatic heterocycles. The van der Waals surface area contributed by atoms with Gasteiger partial charge in [0.05, 0.1) is 6.54 Å². The van der Waals surface area contributed by atoms with E-state index in [1.807, 2.05) is 11.0 Å². The molecule has 3 aliphatic rings. The minimum atomic E-state index is -0.432. The molecule has 1 N–H and O–H groups in total. The number of nitrogens with one attached hydrogen (secondary N) is 1. The van der Waals surface area contributed by atoms with Crippen LogP contribution in [-0.2, 0) is 17.9 Å². The molecule has 8 heteroatoms. The molecule has 0 aromatic heterocycles. The van der Waals surface area contributed by atoms with Gasteiger partial charge in [0.25, 0.3) is 5.24 Å². The van der Waals surface area contributed by atoms with Crippen LogP contribution < -0.4 is 15.0 Å². The van der Waals surface area contributed by atoms with Crippen LogP contribution in [0.5, 0.6) is 5.75 Å². The first kappa shape index (κ1) is 21.2. The number of piperazine rings is 1. The van der Waals surface area contributed by atoms with E-state index in [-0.39, 0.29) is 11.1 Å². The summed E-state index contributed by atoms with van der Waals surface area (Å²) in [7, 11) is 0. The van der Waals surface area contributed by atoms with Crippen molar-refractivity contribution in [1.82, 2.24) is 15.1 Å². The lowest BCUT2D eigenvalue weighted by Crippen LogP contribution is -2.46. The Balaban J connectivity index is 1.21. The Morgan fingerprint density at radius 2 is 1.88 bits per heavy atom. The third-order valence-electron chi connectivity index (χ3n) is 6.29. The van der Waals surface area contributed by atoms with Crippen LogP contribution in [-0.4, -0.2) is 72.1 Å². The van der Waals surface area contributed by atoms with Crippen LogP contribution in [0.25, 0.3) is 0 Å². The first-order valence-electron chi connectivity index (χ1n) is 11.1. The van der Waals surface area contributed by atoms with Crippen LogP contribution >= 0.6 is 11.8 Å². The fraction of sp³-hybridized carbons (Fsp3) is 0.417. The van der Waals surface area contributed by atoms with E-state index in [9.17, 15) is 9.59 Å². The number of carbonyl (C=O) groups excluding carboxylic acids is 2. The quantitative estimate of drug-likeness (QED) is 0.769. The maximum Gasteiger partial charge on any atom is 0.279 e. The average molecular weight is 453 g/mol. The second kappa shape index (κ2) is 9.42. The molecule has 0 radical (unpaired) electrons. The molecule has 3 heterocycles. The molecule has 2 amide bonds. The molecule has 2 saturated heterocycles. The smallest absolute Gasteiger partial charge is 0.279 e. The van der Waals surface area contributed by atoms with E-state index < -0.39 is 6.04 Å².